The quantitative estimate of drug-likeness (QED) is 0.229. The molecule has 0 spiro atoms. The number of hydrogen-bond acceptors (Lipinski definition) is 7. The zero-order valence-corrected chi connectivity index (χ0v) is 13.2. The Labute approximate surface area is 134 Å². The van der Waals surface area contributed by atoms with Crippen LogP contribution in [-0.4, -0.2) is 47.1 Å². The minimum Gasteiger partial charge on any atom is -0.463 e. The van der Waals surface area contributed by atoms with Gasteiger partial charge >= 0.3 is 6.09 Å². The number of rotatable bonds is 4. The molecule has 2 heterocycles. The zero-order chi connectivity index (χ0) is 17.0. The second-order valence-electron chi connectivity index (χ2n) is 5.46. The van der Waals surface area contributed by atoms with E-state index in [0.29, 0.717) is 23.2 Å². The minimum atomic E-state index is -1.40. The number of hydrazine groups is 1. The topological polar surface area (TPSA) is 155 Å². The van der Waals surface area contributed by atoms with Crippen LogP contribution in [0, 0.1) is 5.92 Å². The molecule has 7 N–H and O–H groups in total. The van der Waals surface area contributed by atoms with Crippen molar-refractivity contribution in [3.8, 4) is 0 Å². The standard InChI is InChI=1S/C13H22N8O2/c1-7-4-3-5-21(6-7)12-8(16-2)10(20-15)18-11(19-12)9(14)17-13(22)23/h7,16H,3-6,15H2,1-2H3,(H2,14,17)(H,22,23)(H,18,19,20). The van der Waals surface area contributed by atoms with Crippen molar-refractivity contribution in [2.45, 2.75) is 19.8 Å². The maximum Gasteiger partial charge on any atom is 0.433 e. The van der Waals surface area contributed by atoms with Crippen molar-refractivity contribution in [2.24, 2.45) is 22.5 Å². The molecule has 2 rings (SSSR count). The highest BCUT2D eigenvalue weighted by molar-refractivity contribution is 6.01. The van der Waals surface area contributed by atoms with Gasteiger partial charge in [0.15, 0.2) is 23.3 Å². The van der Waals surface area contributed by atoms with Crippen LogP contribution in [0.5, 0.6) is 0 Å². The fourth-order valence-electron chi connectivity index (χ4n) is 2.66. The molecule has 126 valence electrons. The third-order valence-corrected chi connectivity index (χ3v) is 3.68. The molecule has 1 atom stereocenters. The second kappa shape index (κ2) is 7.09. The number of nitrogen functional groups attached to an aromatic ring is 1. The molecular formula is C13H22N8O2. The second-order valence-corrected chi connectivity index (χ2v) is 5.46. The van der Waals surface area contributed by atoms with Gasteiger partial charge in [0.2, 0.25) is 0 Å². The van der Waals surface area contributed by atoms with E-state index >= 15 is 0 Å². The van der Waals surface area contributed by atoms with Crippen LogP contribution in [0.25, 0.3) is 0 Å². The summed E-state index contributed by atoms with van der Waals surface area (Å²) < 4.78 is 0. The van der Waals surface area contributed by atoms with E-state index in [1.54, 1.807) is 7.05 Å². The van der Waals surface area contributed by atoms with E-state index in [-0.39, 0.29) is 11.7 Å². The van der Waals surface area contributed by atoms with Crippen LogP contribution in [0.15, 0.2) is 4.99 Å². The van der Waals surface area contributed by atoms with Gasteiger partial charge in [0, 0.05) is 20.1 Å². The summed E-state index contributed by atoms with van der Waals surface area (Å²) in [6, 6.07) is 0. The lowest BCUT2D eigenvalue weighted by Crippen LogP contribution is -2.36. The highest BCUT2D eigenvalue weighted by atomic mass is 16.4. The van der Waals surface area contributed by atoms with E-state index in [2.05, 4.69) is 37.5 Å². The molecule has 1 aliphatic heterocycles. The first kappa shape index (κ1) is 16.7. The Balaban J connectivity index is 2.51. The Hall–Kier alpha value is -2.62. The van der Waals surface area contributed by atoms with Gasteiger partial charge in [0.1, 0.15) is 5.69 Å². The molecule has 10 nitrogen and oxygen atoms in total. The van der Waals surface area contributed by atoms with Gasteiger partial charge in [-0.15, -0.1) is 0 Å². The molecule has 23 heavy (non-hydrogen) atoms. The van der Waals surface area contributed by atoms with Gasteiger partial charge in [-0.3, -0.25) is 0 Å². The summed E-state index contributed by atoms with van der Waals surface area (Å²) in [5.41, 5.74) is 8.79. The van der Waals surface area contributed by atoms with E-state index in [0.717, 1.165) is 25.9 Å². The minimum absolute atomic E-state index is 0.0209. The van der Waals surface area contributed by atoms with Crippen molar-refractivity contribution >= 4 is 29.3 Å². The summed E-state index contributed by atoms with van der Waals surface area (Å²) in [6.45, 7) is 3.86. The van der Waals surface area contributed by atoms with Crippen molar-refractivity contribution < 1.29 is 9.90 Å². The number of hydrogen-bond donors (Lipinski definition) is 5. The van der Waals surface area contributed by atoms with Crippen LogP contribution < -0.4 is 27.2 Å². The Morgan fingerprint density at radius 3 is 2.78 bits per heavy atom. The average Bonchev–Trinajstić information content (AvgIpc) is 2.52. The molecule has 0 aliphatic carbocycles. The third kappa shape index (κ3) is 3.77. The molecule has 1 aromatic heterocycles. The number of anilines is 3. The highest BCUT2D eigenvalue weighted by Crippen LogP contribution is 2.32. The SMILES string of the molecule is CNc1c(NN)nc(/C(N)=N/C(=O)O)nc1N1CCCC(C)C1. The molecule has 1 fully saturated rings. The van der Waals surface area contributed by atoms with Gasteiger partial charge in [0.05, 0.1) is 0 Å². The molecule has 1 saturated heterocycles. The average molecular weight is 322 g/mol. The maximum absolute atomic E-state index is 10.7. The number of amides is 1. The number of carbonyl (C=O) groups is 1. The highest BCUT2D eigenvalue weighted by Gasteiger charge is 2.24. The maximum atomic E-state index is 10.7. The molecule has 0 bridgehead atoms. The van der Waals surface area contributed by atoms with E-state index in [1.807, 2.05) is 0 Å². The summed E-state index contributed by atoms with van der Waals surface area (Å²) in [5.74, 6) is 6.76. The molecule has 0 saturated carbocycles. The molecule has 1 aromatic rings. The predicted octanol–water partition coefficient (Wildman–Crippen LogP) is 0.423. The lowest BCUT2D eigenvalue weighted by Gasteiger charge is -2.33. The van der Waals surface area contributed by atoms with E-state index < -0.39 is 6.09 Å². The number of piperidine rings is 1. The van der Waals surface area contributed by atoms with Crippen molar-refractivity contribution in [1.82, 2.24) is 9.97 Å². The summed E-state index contributed by atoms with van der Waals surface area (Å²) in [4.78, 5) is 24.6. The molecular weight excluding hydrogens is 300 g/mol. The molecule has 1 aliphatic rings. The van der Waals surface area contributed by atoms with E-state index in [9.17, 15) is 4.79 Å². The fourth-order valence-corrected chi connectivity index (χ4v) is 2.66. The van der Waals surface area contributed by atoms with Gasteiger partial charge in [0.25, 0.3) is 0 Å². The number of amidine groups is 1. The first-order valence-corrected chi connectivity index (χ1v) is 7.35. The largest absolute Gasteiger partial charge is 0.463 e. The van der Waals surface area contributed by atoms with E-state index in [4.69, 9.17) is 16.7 Å². The predicted molar refractivity (Wildman–Crippen MR) is 88.7 cm³/mol. The number of nitrogens with two attached hydrogens (primary N) is 2. The van der Waals surface area contributed by atoms with Crippen LogP contribution in [-0.2, 0) is 0 Å². The third-order valence-electron chi connectivity index (χ3n) is 3.68. The summed E-state index contributed by atoms with van der Waals surface area (Å²) >= 11 is 0. The molecule has 1 amide bonds. The smallest absolute Gasteiger partial charge is 0.433 e. The van der Waals surface area contributed by atoms with Crippen LogP contribution >= 0.6 is 0 Å². The molecule has 0 aromatic carbocycles. The van der Waals surface area contributed by atoms with Crippen LogP contribution in [0.1, 0.15) is 25.6 Å². The van der Waals surface area contributed by atoms with Crippen molar-refractivity contribution in [2.75, 3.05) is 35.8 Å². The van der Waals surface area contributed by atoms with Gasteiger partial charge in [-0.2, -0.15) is 4.99 Å². The van der Waals surface area contributed by atoms with Gasteiger partial charge in [-0.05, 0) is 18.8 Å². The lowest BCUT2D eigenvalue weighted by molar-refractivity contribution is 0.205. The summed E-state index contributed by atoms with van der Waals surface area (Å²) in [7, 11) is 1.74. The number of carboxylic acid groups (broad SMARTS) is 1. The van der Waals surface area contributed by atoms with Crippen molar-refractivity contribution in [3.63, 3.8) is 0 Å². The van der Waals surface area contributed by atoms with Gasteiger partial charge in [-0.1, -0.05) is 6.92 Å². The van der Waals surface area contributed by atoms with Gasteiger partial charge < -0.3 is 26.5 Å². The van der Waals surface area contributed by atoms with Crippen LogP contribution in [0.4, 0.5) is 22.1 Å². The summed E-state index contributed by atoms with van der Waals surface area (Å²) in [6.07, 6.45) is 0.806. The first-order valence-electron chi connectivity index (χ1n) is 7.35. The number of nitrogens with zero attached hydrogens (tertiary/aromatic N) is 4. The number of aromatic nitrogens is 2. The van der Waals surface area contributed by atoms with Crippen molar-refractivity contribution in [3.05, 3.63) is 5.82 Å². The monoisotopic (exact) mass is 322 g/mol. The van der Waals surface area contributed by atoms with E-state index in [1.165, 1.54) is 0 Å². The molecule has 10 heteroatoms. The van der Waals surface area contributed by atoms with Crippen LogP contribution in [0.2, 0.25) is 0 Å². The Kier molecular flexibility index (Phi) is 5.16. The Morgan fingerprint density at radius 1 is 1.48 bits per heavy atom. The molecule has 1 unspecified atom stereocenters. The summed E-state index contributed by atoms with van der Waals surface area (Å²) in [5, 5.41) is 11.8. The Bertz CT molecular complexity index is 618. The number of aliphatic imine (C=N–C) groups is 1. The van der Waals surface area contributed by atoms with Crippen LogP contribution in [0.3, 0.4) is 0 Å². The number of nitrogens with one attached hydrogen (secondary N) is 2. The fraction of sp³-hybridized carbons (Fsp3) is 0.538. The molecule has 0 radical (unpaired) electrons. The lowest BCUT2D eigenvalue weighted by atomic mass is 10.0. The zero-order valence-electron chi connectivity index (χ0n) is 13.2. The Morgan fingerprint density at radius 2 is 2.22 bits per heavy atom. The van der Waals surface area contributed by atoms with Crippen molar-refractivity contribution in [1.29, 1.82) is 0 Å². The van der Waals surface area contributed by atoms with Gasteiger partial charge in [-0.25, -0.2) is 20.6 Å². The normalized spacial score (nSPS) is 18.7. The first-order chi connectivity index (χ1) is 11.0.